The smallest absolute Gasteiger partial charge is 0.0946 e. The summed E-state index contributed by atoms with van der Waals surface area (Å²) in [6, 6.07) is 2.16. The highest BCUT2D eigenvalue weighted by molar-refractivity contribution is 4.88. The number of unbranched alkanes of at least 4 members (excludes halogenated alkanes) is 1. The SMILES string of the molecule is C#CCCCN(C)C(C)C#N. The van der Waals surface area contributed by atoms with E-state index in [4.69, 9.17) is 11.7 Å². The van der Waals surface area contributed by atoms with Gasteiger partial charge >= 0.3 is 0 Å². The summed E-state index contributed by atoms with van der Waals surface area (Å²) in [7, 11) is 1.93. The Morgan fingerprint density at radius 2 is 2.27 bits per heavy atom. The molecular formula is C9H14N2. The van der Waals surface area contributed by atoms with Crippen LogP contribution in [0.5, 0.6) is 0 Å². The normalized spacial score (nSPS) is 12.1. The Morgan fingerprint density at radius 1 is 1.64 bits per heavy atom. The highest BCUT2D eigenvalue weighted by Crippen LogP contribution is 1.96. The summed E-state index contributed by atoms with van der Waals surface area (Å²) in [4.78, 5) is 2.00. The summed E-state index contributed by atoms with van der Waals surface area (Å²) in [6.07, 6.45) is 6.86. The van der Waals surface area contributed by atoms with Crippen LogP contribution in [0.3, 0.4) is 0 Å². The van der Waals surface area contributed by atoms with Crippen molar-refractivity contribution in [2.24, 2.45) is 0 Å². The van der Waals surface area contributed by atoms with Crippen LogP contribution in [-0.4, -0.2) is 24.5 Å². The Kier molecular flexibility index (Phi) is 5.25. The van der Waals surface area contributed by atoms with Gasteiger partial charge in [-0.25, -0.2) is 0 Å². The van der Waals surface area contributed by atoms with E-state index < -0.39 is 0 Å². The van der Waals surface area contributed by atoms with Crippen molar-refractivity contribution in [3.8, 4) is 18.4 Å². The number of hydrogen-bond acceptors (Lipinski definition) is 2. The molecule has 0 aliphatic rings. The first-order valence-corrected chi connectivity index (χ1v) is 3.75. The van der Waals surface area contributed by atoms with E-state index in [2.05, 4.69) is 12.0 Å². The summed E-state index contributed by atoms with van der Waals surface area (Å²) < 4.78 is 0. The average molecular weight is 150 g/mol. The van der Waals surface area contributed by atoms with E-state index >= 15 is 0 Å². The van der Waals surface area contributed by atoms with Crippen molar-refractivity contribution < 1.29 is 0 Å². The molecule has 60 valence electrons. The zero-order valence-corrected chi connectivity index (χ0v) is 7.17. The molecule has 0 aromatic carbocycles. The molecule has 0 radical (unpaired) electrons. The molecule has 0 N–H and O–H groups in total. The van der Waals surface area contributed by atoms with Crippen LogP contribution in [0.4, 0.5) is 0 Å². The van der Waals surface area contributed by atoms with Crippen LogP contribution in [0, 0.1) is 23.7 Å². The molecule has 1 atom stereocenters. The molecule has 11 heavy (non-hydrogen) atoms. The molecular weight excluding hydrogens is 136 g/mol. The van der Waals surface area contributed by atoms with E-state index in [9.17, 15) is 0 Å². The topological polar surface area (TPSA) is 27.0 Å². The minimum atomic E-state index is -0.00669. The Morgan fingerprint density at radius 3 is 2.73 bits per heavy atom. The predicted octanol–water partition coefficient (Wildman–Crippen LogP) is 1.24. The van der Waals surface area contributed by atoms with Crippen molar-refractivity contribution in [3.05, 3.63) is 0 Å². The fourth-order valence-electron chi connectivity index (χ4n) is 0.723. The first-order chi connectivity index (χ1) is 5.22. The molecule has 0 aliphatic carbocycles. The van der Waals surface area contributed by atoms with Crippen molar-refractivity contribution in [3.63, 3.8) is 0 Å². The summed E-state index contributed by atoms with van der Waals surface area (Å²) in [6.45, 7) is 2.79. The van der Waals surface area contributed by atoms with E-state index in [1.807, 2.05) is 18.9 Å². The Hall–Kier alpha value is -0.990. The lowest BCUT2D eigenvalue weighted by Crippen LogP contribution is -2.28. The highest BCUT2D eigenvalue weighted by Gasteiger charge is 2.05. The average Bonchev–Trinajstić information content (AvgIpc) is 2.03. The fourth-order valence-corrected chi connectivity index (χ4v) is 0.723. The molecule has 1 unspecified atom stereocenters. The minimum Gasteiger partial charge on any atom is -0.291 e. The number of hydrogen-bond donors (Lipinski definition) is 0. The number of nitrogens with zero attached hydrogens (tertiary/aromatic N) is 2. The van der Waals surface area contributed by atoms with Crippen molar-refractivity contribution in [1.82, 2.24) is 4.90 Å². The van der Waals surface area contributed by atoms with Gasteiger partial charge in [0.1, 0.15) is 0 Å². The van der Waals surface area contributed by atoms with Crippen LogP contribution in [0.2, 0.25) is 0 Å². The van der Waals surface area contributed by atoms with Crippen molar-refractivity contribution >= 4 is 0 Å². The second-order valence-corrected chi connectivity index (χ2v) is 2.59. The number of nitriles is 1. The Labute approximate surface area is 68.8 Å². The van der Waals surface area contributed by atoms with E-state index in [1.54, 1.807) is 0 Å². The summed E-state index contributed by atoms with van der Waals surface area (Å²) in [5, 5.41) is 8.53. The molecule has 0 saturated carbocycles. The van der Waals surface area contributed by atoms with E-state index in [1.165, 1.54) is 0 Å². The second kappa shape index (κ2) is 5.77. The molecule has 0 rings (SSSR count). The molecule has 0 spiro atoms. The maximum Gasteiger partial charge on any atom is 0.0946 e. The van der Waals surface area contributed by atoms with Crippen LogP contribution < -0.4 is 0 Å². The molecule has 0 fully saturated rings. The third-order valence-electron chi connectivity index (χ3n) is 1.68. The van der Waals surface area contributed by atoms with Gasteiger partial charge in [-0.1, -0.05) is 0 Å². The number of rotatable bonds is 4. The second-order valence-electron chi connectivity index (χ2n) is 2.59. The van der Waals surface area contributed by atoms with Gasteiger partial charge in [0.05, 0.1) is 12.1 Å². The summed E-state index contributed by atoms with van der Waals surface area (Å²) in [5.74, 6) is 2.57. The molecule has 0 heterocycles. The minimum absolute atomic E-state index is 0.00669. The maximum atomic E-state index is 8.53. The highest BCUT2D eigenvalue weighted by atomic mass is 15.1. The zero-order valence-electron chi connectivity index (χ0n) is 7.17. The molecule has 0 aromatic heterocycles. The van der Waals surface area contributed by atoms with Crippen molar-refractivity contribution in [2.45, 2.75) is 25.8 Å². The zero-order chi connectivity index (χ0) is 8.69. The third kappa shape index (κ3) is 4.42. The van der Waals surface area contributed by atoms with Gasteiger partial charge in [0.25, 0.3) is 0 Å². The molecule has 0 aliphatic heterocycles. The van der Waals surface area contributed by atoms with Crippen LogP contribution >= 0.6 is 0 Å². The van der Waals surface area contributed by atoms with Gasteiger partial charge in [-0.3, -0.25) is 4.90 Å². The molecule has 0 bridgehead atoms. The van der Waals surface area contributed by atoms with Gasteiger partial charge in [-0.05, 0) is 26.9 Å². The Bertz CT molecular complexity index is 173. The Balaban J connectivity index is 3.47. The largest absolute Gasteiger partial charge is 0.291 e. The van der Waals surface area contributed by atoms with Crippen molar-refractivity contribution in [2.75, 3.05) is 13.6 Å². The maximum absolute atomic E-state index is 8.53. The lowest BCUT2D eigenvalue weighted by atomic mass is 10.2. The molecule has 2 heteroatoms. The molecule has 0 amide bonds. The van der Waals surface area contributed by atoms with Gasteiger partial charge in [0.2, 0.25) is 0 Å². The van der Waals surface area contributed by atoms with E-state index in [0.717, 1.165) is 19.4 Å². The molecule has 0 aromatic rings. The van der Waals surface area contributed by atoms with Gasteiger partial charge in [-0.2, -0.15) is 5.26 Å². The molecule has 0 saturated heterocycles. The monoisotopic (exact) mass is 150 g/mol. The van der Waals surface area contributed by atoms with E-state index in [0.29, 0.717) is 0 Å². The third-order valence-corrected chi connectivity index (χ3v) is 1.68. The fraction of sp³-hybridized carbons (Fsp3) is 0.667. The van der Waals surface area contributed by atoms with Gasteiger partial charge in [-0.15, -0.1) is 12.3 Å². The first-order valence-electron chi connectivity index (χ1n) is 3.75. The van der Waals surface area contributed by atoms with Crippen LogP contribution in [0.25, 0.3) is 0 Å². The summed E-state index contributed by atoms with van der Waals surface area (Å²) >= 11 is 0. The first kappa shape index (κ1) is 10.0. The standard InChI is InChI=1S/C9H14N2/c1-4-5-6-7-11(3)9(2)8-10/h1,9H,5-7H2,2-3H3. The number of terminal acetylenes is 1. The van der Waals surface area contributed by atoms with Gasteiger partial charge in [0.15, 0.2) is 0 Å². The van der Waals surface area contributed by atoms with Crippen LogP contribution in [0.15, 0.2) is 0 Å². The van der Waals surface area contributed by atoms with Gasteiger partial charge in [0, 0.05) is 6.42 Å². The summed E-state index contributed by atoms with van der Waals surface area (Å²) in [5.41, 5.74) is 0. The van der Waals surface area contributed by atoms with Crippen molar-refractivity contribution in [1.29, 1.82) is 5.26 Å². The quantitative estimate of drug-likeness (QED) is 0.445. The van der Waals surface area contributed by atoms with Crippen LogP contribution in [-0.2, 0) is 0 Å². The van der Waals surface area contributed by atoms with Crippen LogP contribution in [0.1, 0.15) is 19.8 Å². The lowest BCUT2D eigenvalue weighted by molar-refractivity contribution is 0.300. The predicted molar refractivity (Wildman–Crippen MR) is 45.8 cm³/mol. The lowest BCUT2D eigenvalue weighted by Gasteiger charge is -2.17. The van der Waals surface area contributed by atoms with Gasteiger partial charge < -0.3 is 0 Å². The molecule has 2 nitrogen and oxygen atoms in total. The van der Waals surface area contributed by atoms with E-state index in [-0.39, 0.29) is 6.04 Å².